The first-order chi connectivity index (χ1) is 7.24. The molecule has 0 aromatic heterocycles. The summed E-state index contributed by atoms with van der Waals surface area (Å²) in [5.74, 6) is 0.204. The number of nitrogens with one attached hydrogen (secondary N) is 1. The molecule has 1 atom stereocenters. The van der Waals surface area contributed by atoms with Crippen LogP contribution in [0.15, 0.2) is 0 Å². The molecule has 1 aliphatic heterocycles. The highest BCUT2D eigenvalue weighted by molar-refractivity contribution is 5.76. The molecule has 0 radical (unpaired) electrons. The van der Waals surface area contributed by atoms with Crippen molar-refractivity contribution < 1.29 is 9.53 Å². The molecule has 15 heavy (non-hydrogen) atoms. The minimum atomic E-state index is 0.204. The molecule has 88 valence electrons. The lowest BCUT2D eigenvalue weighted by Gasteiger charge is -2.27. The van der Waals surface area contributed by atoms with Gasteiger partial charge in [0.15, 0.2) is 0 Å². The van der Waals surface area contributed by atoms with Crippen molar-refractivity contribution >= 4 is 5.91 Å². The average molecular weight is 215 g/mol. The average Bonchev–Trinajstić information content (AvgIpc) is 2.29. The summed E-state index contributed by atoms with van der Waals surface area (Å²) in [6.07, 6.45) is 0.546. The maximum Gasteiger partial charge on any atom is 0.224 e. The third kappa shape index (κ3) is 4.59. The van der Waals surface area contributed by atoms with Gasteiger partial charge in [-0.3, -0.25) is 4.79 Å². The summed E-state index contributed by atoms with van der Waals surface area (Å²) in [6, 6.07) is 0.280. The monoisotopic (exact) mass is 215 g/mol. The summed E-state index contributed by atoms with van der Waals surface area (Å²) in [5, 5.41) is 3.20. The Labute approximate surface area is 90.9 Å². The van der Waals surface area contributed by atoms with Crippen LogP contribution in [-0.2, 0) is 9.53 Å². The van der Waals surface area contributed by atoms with Crippen LogP contribution in [0.5, 0.6) is 0 Å². The van der Waals surface area contributed by atoms with Gasteiger partial charge in [0.25, 0.3) is 0 Å². The van der Waals surface area contributed by atoms with Crippen LogP contribution in [-0.4, -0.2) is 56.2 Å². The van der Waals surface area contributed by atoms with Crippen LogP contribution in [0.25, 0.3) is 0 Å². The third-order valence-corrected chi connectivity index (χ3v) is 2.55. The Kier molecular flexibility index (Phi) is 5.60. The zero-order valence-corrected chi connectivity index (χ0v) is 9.37. The lowest BCUT2D eigenvalue weighted by atomic mass is 10.3. The first-order valence-corrected chi connectivity index (χ1v) is 5.53. The molecule has 0 spiro atoms. The highest BCUT2D eigenvalue weighted by Gasteiger charge is 2.15. The van der Waals surface area contributed by atoms with Crippen molar-refractivity contribution in [2.45, 2.75) is 19.4 Å². The number of carbonyl (C=O) groups is 1. The number of amides is 1. The maximum absolute atomic E-state index is 11.7. The van der Waals surface area contributed by atoms with Gasteiger partial charge in [-0.05, 0) is 6.92 Å². The van der Waals surface area contributed by atoms with Gasteiger partial charge in [-0.25, -0.2) is 0 Å². The number of nitrogens with zero attached hydrogens (tertiary/aromatic N) is 1. The van der Waals surface area contributed by atoms with Gasteiger partial charge >= 0.3 is 0 Å². The Morgan fingerprint density at radius 3 is 2.80 bits per heavy atom. The molecule has 0 bridgehead atoms. The summed E-state index contributed by atoms with van der Waals surface area (Å²) in [6.45, 7) is 6.10. The van der Waals surface area contributed by atoms with Crippen molar-refractivity contribution in [2.24, 2.45) is 5.73 Å². The molecular weight excluding hydrogens is 194 g/mol. The maximum atomic E-state index is 11.7. The number of hydrogen-bond donors (Lipinski definition) is 2. The van der Waals surface area contributed by atoms with Crippen molar-refractivity contribution in [3.05, 3.63) is 0 Å². The molecule has 3 N–H and O–H groups in total. The summed E-state index contributed by atoms with van der Waals surface area (Å²) < 4.78 is 5.18. The number of rotatable bonds is 5. The van der Waals surface area contributed by atoms with Gasteiger partial charge in [-0.2, -0.15) is 0 Å². The van der Waals surface area contributed by atoms with Gasteiger partial charge in [0, 0.05) is 38.6 Å². The summed E-state index contributed by atoms with van der Waals surface area (Å²) in [4.78, 5) is 13.5. The number of morpholine rings is 1. The Morgan fingerprint density at radius 1 is 1.53 bits per heavy atom. The number of nitrogens with two attached hydrogens (primary N) is 1. The first-order valence-electron chi connectivity index (χ1n) is 5.53. The van der Waals surface area contributed by atoms with E-state index in [9.17, 15) is 4.79 Å². The standard InChI is InChI=1S/C10H21N3O2/c1-9(8-11)12-3-2-10(14)13-4-6-15-7-5-13/h9,12H,2-8,11H2,1H3. The van der Waals surface area contributed by atoms with E-state index in [1.165, 1.54) is 0 Å². The van der Waals surface area contributed by atoms with Crippen LogP contribution >= 0.6 is 0 Å². The molecule has 1 rings (SSSR count). The van der Waals surface area contributed by atoms with E-state index in [0.29, 0.717) is 32.7 Å². The summed E-state index contributed by atoms with van der Waals surface area (Å²) >= 11 is 0. The predicted octanol–water partition coefficient (Wildman–Crippen LogP) is -0.828. The second-order valence-electron chi connectivity index (χ2n) is 3.83. The first kappa shape index (κ1) is 12.4. The van der Waals surface area contributed by atoms with Crippen molar-refractivity contribution in [3.63, 3.8) is 0 Å². The van der Waals surface area contributed by atoms with Gasteiger partial charge in [0.05, 0.1) is 13.2 Å². The van der Waals surface area contributed by atoms with Crippen molar-refractivity contribution in [1.82, 2.24) is 10.2 Å². The molecule has 1 amide bonds. The van der Waals surface area contributed by atoms with Crippen molar-refractivity contribution in [2.75, 3.05) is 39.4 Å². The van der Waals surface area contributed by atoms with Crippen LogP contribution in [0.4, 0.5) is 0 Å². The smallest absolute Gasteiger partial charge is 0.224 e. The van der Waals surface area contributed by atoms with Crippen LogP contribution < -0.4 is 11.1 Å². The van der Waals surface area contributed by atoms with E-state index >= 15 is 0 Å². The zero-order valence-electron chi connectivity index (χ0n) is 9.37. The molecule has 1 aliphatic rings. The largest absolute Gasteiger partial charge is 0.378 e. The van der Waals surface area contributed by atoms with Gasteiger partial charge in [0.1, 0.15) is 0 Å². The molecule has 1 unspecified atom stereocenters. The van der Waals surface area contributed by atoms with E-state index in [-0.39, 0.29) is 11.9 Å². The SMILES string of the molecule is CC(CN)NCCC(=O)N1CCOCC1. The fourth-order valence-electron chi connectivity index (χ4n) is 1.48. The molecule has 0 aliphatic carbocycles. The van der Waals surface area contributed by atoms with E-state index in [4.69, 9.17) is 10.5 Å². The van der Waals surface area contributed by atoms with E-state index in [1.807, 2.05) is 11.8 Å². The molecule has 1 heterocycles. The molecule has 1 saturated heterocycles. The van der Waals surface area contributed by atoms with Crippen molar-refractivity contribution in [1.29, 1.82) is 0 Å². The fraction of sp³-hybridized carbons (Fsp3) is 0.900. The lowest BCUT2D eigenvalue weighted by Crippen LogP contribution is -2.42. The molecular formula is C10H21N3O2. The summed E-state index contributed by atoms with van der Waals surface area (Å²) in [7, 11) is 0. The van der Waals surface area contributed by atoms with E-state index < -0.39 is 0 Å². The molecule has 0 aromatic carbocycles. The van der Waals surface area contributed by atoms with E-state index in [2.05, 4.69) is 5.32 Å². The van der Waals surface area contributed by atoms with Crippen molar-refractivity contribution in [3.8, 4) is 0 Å². The zero-order chi connectivity index (χ0) is 11.1. The topological polar surface area (TPSA) is 67.6 Å². The second-order valence-corrected chi connectivity index (χ2v) is 3.83. The minimum absolute atomic E-state index is 0.204. The van der Waals surface area contributed by atoms with Gasteiger partial charge < -0.3 is 20.7 Å². The lowest BCUT2D eigenvalue weighted by molar-refractivity contribution is -0.135. The quantitative estimate of drug-likeness (QED) is 0.628. The number of ether oxygens (including phenoxy) is 1. The van der Waals surface area contributed by atoms with Gasteiger partial charge in [-0.1, -0.05) is 0 Å². The number of carbonyl (C=O) groups excluding carboxylic acids is 1. The van der Waals surface area contributed by atoms with Crippen LogP contribution in [0, 0.1) is 0 Å². The molecule has 0 saturated carbocycles. The minimum Gasteiger partial charge on any atom is -0.378 e. The number of hydrogen-bond acceptors (Lipinski definition) is 4. The Hall–Kier alpha value is -0.650. The van der Waals surface area contributed by atoms with E-state index in [0.717, 1.165) is 13.1 Å². The molecule has 1 fully saturated rings. The molecule has 5 nitrogen and oxygen atoms in total. The van der Waals surface area contributed by atoms with Crippen LogP contribution in [0.2, 0.25) is 0 Å². The molecule has 5 heteroatoms. The normalized spacial score (nSPS) is 18.9. The van der Waals surface area contributed by atoms with Gasteiger partial charge in [0.2, 0.25) is 5.91 Å². The highest BCUT2D eigenvalue weighted by Crippen LogP contribution is 1.99. The fourth-order valence-corrected chi connectivity index (χ4v) is 1.48. The Balaban J connectivity index is 2.12. The van der Waals surface area contributed by atoms with Crippen LogP contribution in [0.3, 0.4) is 0 Å². The Bertz CT molecular complexity index is 193. The van der Waals surface area contributed by atoms with Crippen LogP contribution in [0.1, 0.15) is 13.3 Å². The Morgan fingerprint density at radius 2 is 2.20 bits per heavy atom. The van der Waals surface area contributed by atoms with Gasteiger partial charge in [-0.15, -0.1) is 0 Å². The van der Waals surface area contributed by atoms with E-state index in [1.54, 1.807) is 0 Å². The third-order valence-electron chi connectivity index (χ3n) is 2.55. The summed E-state index contributed by atoms with van der Waals surface area (Å²) in [5.41, 5.74) is 5.46. The predicted molar refractivity (Wildman–Crippen MR) is 58.5 cm³/mol. The molecule has 0 aromatic rings. The highest BCUT2D eigenvalue weighted by atomic mass is 16.5. The second kappa shape index (κ2) is 6.76.